The Kier molecular flexibility index (Phi) is 13.2. The maximum absolute atomic E-state index is 10.3. The topological polar surface area (TPSA) is 37.3 Å². The first kappa shape index (κ1) is 16.9. The van der Waals surface area contributed by atoms with Crippen molar-refractivity contribution >= 4 is 5.97 Å². The third kappa shape index (κ3) is 14.9. The lowest BCUT2D eigenvalue weighted by Crippen LogP contribution is -1.93. The van der Waals surface area contributed by atoms with Crippen LogP contribution in [0.3, 0.4) is 0 Å². The van der Waals surface area contributed by atoms with Crippen molar-refractivity contribution in [2.45, 2.75) is 71.1 Å². The molecule has 0 bridgehead atoms. The number of aliphatic carboxylic acids is 1. The van der Waals surface area contributed by atoms with Gasteiger partial charge in [-0.15, -0.1) is 0 Å². The molecule has 0 atom stereocenters. The van der Waals surface area contributed by atoms with Gasteiger partial charge in [-0.3, -0.25) is 4.79 Å². The number of rotatable bonds is 12. The Morgan fingerprint density at radius 3 is 2.06 bits per heavy atom. The second-order valence-corrected chi connectivity index (χ2v) is 4.67. The van der Waals surface area contributed by atoms with Crippen molar-refractivity contribution in [1.29, 1.82) is 0 Å². The lowest BCUT2D eigenvalue weighted by Gasteiger charge is -1.95. The van der Waals surface area contributed by atoms with Crippen LogP contribution in [-0.4, -0.2) is 11.1 Å². The molecule has 0 aromatic heterocycles. The fraction of sp³-hybridized carbons (Fsp3) is 0.688. The van der Waals surface area contributed by atoms with Gasteiger partial charge >= 0.3 is 5.97 Å². The van der Waals surface area contributed by atoms with E-state index < -0.39 is 5.97 Å². The molecule has 0 saturated carbocycles. The molecule has 0 aromatic rings. The number of hydrogen-bond donors (Lipinski definition) is 1. The van der Waals surface area contributed by atoms with Crippen molar-refractivity contribution in [3.05, 3.63) is 24.3 Å². The Labute approximate surface area is 112 Å². The number of hydrogen-bond acceptors (Lipinski definition) is 1. The van der Waals surface area contributed by atoms with Gasteiger partial charge in [0.25, 0.3) is 0 Å². The highest BCUT2D eigenvalue weighted by Crippen LogP contribution is 2.04. The minimum absolute atomic E-state index is 0.310. The molecule has 0 aliphatic carbocycles. The van der Waals surface area contributed by atoms with Crippen LogP contribution in [0.15, 0.2) is 24.3 Å². The Morgan fingerprint density at radius 1 is 0.889 bits per heavy atom. The normalized spacial score (nSPS) is 11.6. The molecular weight excluding hydrogens is 224 g/mol. The van der Waals surface area contributed by atoms with Crippen molar-refractivity contribution < 1.29 is 9.90 Å². The minimum atomic E-state index is -0.682. The maximum atomic E-state index is 10.3. The third-order valence-electron chi connectivity index (χ3n) is 2.84. The van der Waals surface area contributed by atoms with Crippen LogP contribution in [0.1, 0.15) is 71.1 Å². The Bertz CT molecular complexity index is 241. The molecule has 104 valence electrons. The van der Waals surface area contributed by atoms with E-state index in [-0.39, 0.29) is 0 Å². The summed E-state index contributed by atoms with van der Waals surface area (Å²) in [6.45, 7) is 2.23. The van der Waals surface area contributed by atoms with E-state index in [1.807, 2.05) is 0 Å². The van der Waals surface area contributed by atoms with Crippen molar-refractivity contribution in [2.24, 2.45) is 0 Å². The van der Waals surface area contributed by atoms with E-state index >= 15 is 0 Å². The molecule has 0 rings (SSSR count). The average Bonchev–Trinajstić information content (AvgIpc) is 2.34. The third-order valence-corrected chi connectivity index (χ3v) is 2.84. The number of unbranched alkanes of at least 4 members (excludes halogenated alkanes) is 6. The summed E-state index contributed by atoms with van der Waals surface area (Å²) in [7, 11) is 0. The Balaban J connectivity index is 3.20. The predicted molar refractivity (Wildman–Crippen MR) is 77.8 cm³/mol. The Morgan fingerprint density at radius 2 is 1.50 bits per heavy atom. The van der Waals surface area contributed by atoms with Gasteiger partial charge < -0.3 is 5.11 Å². The first-order valence-electron chi connectivity index (χ1n) is 7.29. The summed E-state index contributed by atoms with van der Waals surface area (Å²) in [6, 6.07) is 0. The molecule has 0 amide bonds. The number of allylic oxidation sites excluding steroid dienone is 4. The second-order valence-electron chi connectivity index (χ2n) is 4.67. The zero-order valence-corrected chi connectivity index (χ0v) is 11.7. The van der Waals surface area contributed by atoms with Gasteiger partial charge in [-0.05, 0) is 38.5 Å². The number of carbonyl (C=O) groups is 1. The van der Waals surface area contributed by atoms with Gasteiger partial charge in [0.05, 0.1) is 0 Å². The molecule has 0 radical (unpaired) electrons. The second kappa shape index (κ2) is 14.0. The summed E-state index contributed by atoms with van der Waals surface area (Å²) in [5, 5.41) is 8.47. The molecule has 0 aromatic carbocycles. The molecule has 0 fully saturated rings. The van der Waals surface area contributed by atoms with Crippen LogP contribution in [-0.2, 0) is 4.79 Å². The lowest BCUT2D eigenvalue weighted by atomic mass is 10.1. The highest BCUT2D eigenvalue weighted by atomic mass is 16.4. The first-order valence-corrected chi connectivity index (χ1v) is 7.29. The standard InChI is InChI=1S/C16H28O2/c1-2-3-4-5-6-7-8-9-10-11-12-13-14-15-16(17)18/h6-7,9-10H,2-5,8,11-15H2,1H3,(H,17,18)/b7-6+,10-9-. The fourth-order valence-corrected chi connectivity index (χ4v) is 1.73. The molecule has 2 heteroatoms. The molecule has 1 N–H and O–H groups in total. The van der Waals surface area contributed by atoms with E-state index in [0.717, 1.165) is 32.1 Å². The van der Waals surface area contributed by atoms with Crippen molar-refractivity contribution in [2.75, 3.05) is 0 Å². The molecule has 0 saturated heterocycles. The van der Waals surface area contributed by atoms with Gasteiger partial charge in [-0.1, -0.05) is 50.5 Å². The van der Waals surface area contributed by atoms with E-state index in [1.165, 1.54) is 25.7 Å². The van der Waals surface area contributed by atoms with Crippen LogP contribution in [0.5, 0.6) is 0 Å². The van der Waals surface area contributed by atoms with Gasteiger partial charge in [0, 0.05) is 6.42 Å². The zero-order valence-electron chi connectivity index (χ0n) is 11.7. The lowest BCUT2D eigenvalue weighted by molar-refractivity contribution is -0.137. The summed E-state index contributed by atoms with van der Waals surface area (Å²) in [5.74, 6) is -0.682. The van der Waals surface area contributed by atoms with Crippen LogP contribution in [0.2, 0.25) is 0 Å². The van der Waals surface area contributed by atoms with E-state index in [0.29, 0.717) is 6.42 Å². The van der Waals surface area contributed by atoms with Crippen LogP contribution in [0.25, 0.3) is 0 Å². The molecular formula is C16H28O2. The Hall–Kier alpha value is -1.05. The molecule has 0 aliphatic rings. The first-order chi connectivity index (χ1) is 8.77. The summed E-state index contributed by atoms with van der Waals surface area (Å²) in [4.78, 5) is 10.3. The molecule has 0 heterocycles. The highest BCUT2D eigenvalue weighted by Gasteiger charge is 1.94. The van der Waals surface area contributed by atoms with E-state index in [1.54, 1.807) is 0 Å². The molecule has 0 spiro atoms. The van der Waals surface area contributed by atoms with Gasteiger partial charge in [0.2, 0.25) is 0 Å². The van der Waals surface area contributed by atoms with Crippen molar-refractivity contribution in [1.82, 2.24) is 0 Å². The van der Waals surface area contributed by atoms with Crippen LogP contribution >= 0.6 is 0 Å². The van der Waals surface area contributed by atoms with Crippen molar-refractivity contribution in [3.63, 3.8) is 0 Å². The summed E-state index contributed by atoms with van der Waals surface area (Å²) in [6.07, 6.45) is 19.4. The smallest absolute Gasteiger partial charge is 0.303 e. The van der Waals surface area contributed by atoms with Crippen LogP contribution in [0.4, 0.5) is 0 Å². The van der Waals surface area contributed by atoms with Gasteiger partial charge in [-0.2, -0.15) is 0 Å². The van der Waals surface area contributed by atoms with Gasteiger partial charge in [0.15, 0.2) is 0 Å². The summed E-state index contributed by atoms with van der Waals surface area (Å²) < 4.78 is 0. The predicted octanol–water partition coefficient (Wildman–Crippen LogP) is 5.10. The molecule has 18 heavy (non-hydrogen) atoms. The van der Waals surface area contributed by atoms with Crippen molar-refractivity contribution in [3.8, 4) is 0 Å². The number of carboxylic acids is 1. The monoisotopic (exact) mass is 252 g/mol. The zero-order chi connectivity index (χ0) is 13.5. The fourth-order valence-electron chi connectivity index (χ4n) is 1.73. The van der Waals surface area contributed by atoms with Crippen LogP contribution < -0.4 is 0 Å². The maximum Gasteiger partial charge on any atom is 0.303 e. The van der Waals surface area contributed by atoms with Crippen LogP contribution in [0, 0.1) is 0 Å². The molecule has 0 aliphatic heterocycles. The highest BCUT2D eigenvalue weighted by molar-refractivity contribution is 5.66. The number of carboxylic acid groups (broad SMARTS) is 1. The quantitative estimate of drug-likeness (QED) is 0.387. The minimum Gasteiger partial charge on any atom is -0.481 e. The summed E-state index contributed by atoms with van der Waals surface area (Å²) in [5.41, 5.74) is 0. The largest absolute Gasteiger partial charge is 0.481 e. The van der Waals surface area contributed by atoms with E-state index in [2.05, 4.69) is 31.2 Å². The molecule has 2 nitrogen and oxygen atoms in total. The average molecular weight is 252 g/mol. The van der Waals surface area contributed by atoms with E-state index in [9.17, 15) is 4.79 Å². The summed E-state index contributed by atoms with van der Waals surface area (Å²) >= 11 is 0. The van der Waals surface area contributed by atoms with E-state index in [4.69, 9.17) is 5.11 Å². The SMILES string of the molecule is CCCCC/C=C/C/C=C\CCCCCC(=O)O. The molecule has 0 unspecified atom stereocenters. The van der Waals surface area contributed by atoms with Gasteiger partial charge in [0.1, 0.15) is 0 Å². The van der Waals surface area contributed by atoms with Gasteiger partial charge in [-0.25, -0.2) is 0 Å².